The Kier molecular flexibility index (Phi) is 4.12. The van der Waals surface area contributed by atoms with Crippen LogP contribution in [-0.4, -0.2) is 55.0 Å². The Labute approximate surface area is 109 Å². The van der Waals surface area contributed by atoms with Crippen LogP contribution in [0.1, 0.15) is 33.6 Å². The van der Waals surface area contributed by atoms with Crippen molar-refractivity contribution in [2.75, 3.05) is 26.2 Å². The Balaban J connectivity index is 1.60. The molecule has 18 heavy (non-hydrogen) atoms. The largest absolute Gasteiger partial charge is 0.444 e. The number of carbonyl (C=O) groups excluding carboxylic acids is 1. The van der Waals surface area contributed by atoms with E-state index in [1.165, 1.54) is 6.42 Å². The fraction of sp³-hybridized carbons (Fsp3) is 0.923. The van der Waals surface area contributed by atoms with Gasteiger partial charge in [-0.1, -0.05) is 0 Å². The Morgan fingerprint density at radius 1 is 1.44 bits per heavy atom. The topological polar surface area (TPSA) is 50.8 Å². The summed E-state index contributed by atoms with van der Waals surface area (Å²) in [6.45, 7) is 8.92. The minimum atomic E-state index is -0.409. The van der Waals surface area contributed by atoms with Crippen LogP contribution < -0.4 is 5.32 Å². The van der Waals surface area contributed by atoms with Crippen molar-refractivity contribution < 1.29 is 14.3 Å². The van der Waals surface area contributed by atoms with Gasteiger partial charge in [0.05, 0.1) is 6.10 Å². The van der Waals surface area contributed by atoms with Crippen molar-refractivity contribution in [3.8, 4) is 0 Å². The van der Waals surface area contributed by atoms with Gasteiger partial charge in [0.2, 0.25) is 0 Å². The molecule has 0 saturated carbocycles. The highest BCUT2D eigenvalue weighted by Crippen LogP contribution is 2.16. The monoisotopic (exact) mass is 256 g/mol. The number of likely N-dealkylation sites (tertiary alicyclic amines) is 1. The molecule has 1 N–H and O–H groups in total. The second-order valence-corrected chi connectivity index (χ2v) is 6.13. The molecule has 0 spiro atoms. The van der Waals surface area contributed by atoms with Gasteiger partial charge >= 0.3 is 6.09 Å². The van der Waals surface area contributed by atoms with Crippen molar-refractivity contribution in [1.29, 1.82) is 0 Å². The van der Waals surface area contributed by atoms with E-state index in [-0.39, 0.29) is 6.09 Å². The highest BCUT2D eigenvalue weighted by molar-refractivity contribution is 5.69. The number of carbonyl (C=O) groups is 1. The normalized spacial score (nSPS) is 25.1. The summed E-state index contributed by atoms with van der Waals surface area (Å²) in [5.41, 5.74) is -0.409. The lowest BCUT2D eigenvalue weighted by atomic mass is 10.1. The van der Waals surface area contributed by atoms with Crippen LogP contribution in [0.15, 0.2) is 0 Å². The zero-order chi connectivity index (χ0) is 13.2. The first-order chi connectivity index (χ1) is 8.44. The third kappa shape index (κ3) is 3.85. The molecule has 104 valence electrons. The summed E-state index contributed by atoms with van der Waals surface area (Å²) in [6.07, 6.45) is 2.47. The Morgan fingerprint density at radius 3 is 2.72 bits per heavy atom. The van der Waals surface area contributed by atoms with E-state index in [1.54, 1.807) is 4.90 Å². The molecular formula is C13H24N2O3. The summed E-state index contributed by atoms with van der Waals surface area (Å²) in [7, 11) is 0. The van der Waals surface area contributed by atoms with Crippen molar-refractivity contribution in [3.63, 3.8) is 0 Å². The van der Waals surface area contributed by atoms with Gasteiger partial charge in [-0.25, -0.2) is 4.79 Å². The van der Waals surface area contributed by atoms with E-state index >= 15 is 0 Å². The standard InChI is InChI=1S/C13H24N2O3/c1-13(2,3)18-12(16)15-8-10(9-15)14-7-11-5-4-6-17-11/h10-11,14H,4-9H2,1-3H3. The highest BCUT2D eigenvalue weighted by atomic mass is 16.6. The Morgan fingerprint density at radius 2 is 2.17 bits per heavy atom. The van der Waals surface area contributed by atoms with E-state index in [4.69, 9.17) is 9.47 Å². The SMILES string of the molecule is CC(C)(C)OC(=O)N1CC(NCC2CCCO2)C1. The van der Waals surface area contributed by atoms with Crippen LogP contribution in [0.5, 0.6) is 0 Å². The van der Waals surface area contributed by atoms with E-state index in [0.717, 1.165) is 32.7 Å². The van der Waals surface area contributed by atoms with Gasteiger partial charge in [0, 0.05) is 32.3 Å². The van der Waals surface area contributed by atoms with E-state index in [0.29, 0.717) is 12.1 Å². The highest BCUT2D eigenvalue weighted by Gasteiger charge is 2.33. The third-order valence-corrected chi connectivity index (χ3v) is 3.19. The zero-order valence-electron chi connectivity index (χ0n) is 11.6. The number of hydrogen-bond acceptors (Lipinski definition) is 4. The number of ether oxygens (including phenoxy) is 2. The van der Waals surface area contributed by atoms with Gasteiger partial charge in [-0.2, -0.15) is 0 Å². The lowest BCUT2D eigenvalue weighted by Gasteiger charge is -2.40. The molecule has 0 aromatic rings. The Bertz CT molecular complexity index is 289. The molecule has 2 saturated heterocycles. The Hall–Kier alpha value is -0.810. The molecule has 2 rings (SSSR count). The van der Waals surface area contributed by atoms with E-state index < -0.39 is 5.60 Å². The van der Waals surface area contributed by atoms with E-state index in [9.17, 15) is 4.79 Å². The predicted molar refractivity (Wildman–Crippen MR) is 68.6 cm³/mol. The van der Waals surface area contributed by atoms with Crippen LogP contribution in [0.2, 0.25) is 0 Å². The van der Waals surface area contributed by atoms with Gasteiger partial charge in [-0.05, 0) is 33.6 Å². The number of amides is 1. The smallest absolute Gasteiger partial charge is 0.410 e. The van der Waals surface area contributed by atoms with Crippen molar-refractivity contribution in [3.05, 3.63) is 0 Å². The number of rotatable bonds is 3. The molecule has 2 aliphatic rings. The fourth-order valence-corrected chi connectivity index (χ4v) is 2.19. The predicted octanol–water partition coefficient (Wildman–Crippen LogP) is 1.37. The first kappa shape index (κ1) is 13.6. The average Bonchev–Trinajstić information content (AvgIpc) is 2.64. The molecule has 2 aliphatic heterocycles. The van der Waals surface area contributed by atoms with Gasteiger partial charge in [-0.3, -0.25) is 0 Å². The number of hydrogen-bond donors (Lipinski definition) is 1. The molecule has 0 bridgehead atoms. The summed E-state index contributed by atoms with van der Waals surface area (Å²) in [5.74, 6) is 0. The van der Waals surface area contributed by atoms with E-state index in [2.05, 4.69) is 5.32 Å². The third-order valence-electron chi connectivity index (χ3n) is 3.19. The molecule has 2 heterocycles. The first-order valence-electron chi connectivity index (χ1n) is 6.77. The van der Waals surface area contributed by atoms with Gasteiger partial charge < -0.3 is 19.7 Å². The van der Waals surface area contributed by atoms with Crippen LogP contribution in [0, 0.1) is 0 Å². The van der Waals surface area contributed by atoms with Crippen LogP contribution in [0.4, 0.5) is 4.79 Å². The van der Waals surface area contributed by atoms with Gasteiger partial charge in [0.25, 0.3) is 0 Å². The average molecular weight is 256 g/mol. The van der Waals surface area contributed by atoms with Crippen molar-refractivity contribution in [2.45, 2.75) is 51.4 Å². The van der Waals surface area contributed by atoms with Crippen LogP contribution in [0.25, 0.3) is 0 Å². The lowest BCUT2D eigenvalue weighted by molar-refractivity contribution is 0.00375. The minimum absolute atomic E-state index is 0.210. The maximum absolute atomic E-state index is 11.7. The molecule has 0 radical (unpaired) electrons. The van der Waals surface area contributed by atoms with Crippen LogP contribution in [0.3, 0.4) is 0 Å². The second kappa shape index (κ2) is 5.45. The summed E-state index contributed by atoms with van der Waals surface area (Å²) in [5, 5.41) is 3.43. The molecule has 5 nitrogen and oxygen atoms in total. The molecule has 1 amide bonds. The lowest BCUT2D eigenvalue weighted by Crippen LogP contribution is -2.61. The molecular weight excluding hydrogens is 232 g/mol. The quantitative estimate of drug-likeness (QED) is 0.828. The zero-order valence-corrected chi connectivity index (χ0v) is 11.6. The maximum atomic E-state index is 11.7. The van der Waals surface area contributed by atoms with Crippen LogP contribution in [-0.2, 0) is 9.47 Å². The molecule has 2 fully saturated rings. The van der Waals surface area contributed by atoms with Crippen LogP contribution >= 0.6 is 0 Å². The first-order valence-corrected chi connectivity index (χ1v) is 6.77. The maximum Gasteiger partial charge on any atom is 0.410 e. The fourth-order valence-electron chi connectivity index (χ4n) is 2.19. The summed E-state index contributed by atoms with van der Waals surface area (Å²) >= 11 is 0. The van der Waals surface area contributed by atoms with Gasteiger partial charge in [0.1, 0.15) is 5.60 Å². The molecule has 0 aromatic carbocycles. The minimum Gasteiger partial charge on any atom is -0.444 e. The second-order valence-electron chi connectivity index (χ2n) is 6.13. The van der Waals surface area contributed by atoms with Crippen molar-refractivity contribution >= 4 is 6.09 Å². The van der Waals surface area contributed by atoms with E-state index in [1.807, 2.05) is 20.8 Å². The molecule has 1 atom stereocenters. The van der Waals surface area contributed by atoms with Gasteiger partial charge in [-0.15, -0.1) is 0 Å². The van der Waals surface area contributed by atoms with Gasteiger partial charge in [0.15, 0.2) is 0 Å². The molecule has 0 aromatic heterocycles. The molecule has 5 heteroatoms. The summed E-state index contributed by atoms with van der Waals surface area (Å²) in [4.78, 5) is 13.4. The molecule has 1 unspecified atom stereocenters. The van der Waals surface area contributed by atoms with Crippen molar-refractivity contribution in [2.24, 2.45) is 0 Å². The number of nitrogens with zero attached hydrogens (tertiary/aromatic N) is 1. The number of nitrogens with one attached hydrogen (secondary N) is 1. The molecule has 0 aliphatic carbocycles. The summed E-state index contributed by atoms with van der Waals surface area (Å²) in [6, 6.07) is 0.390. The van der Waals surface area contributed by atoms with Crippen molar-refractivity contribution in [1.82, 2.24) is 10.2 Å². The summed E-state index contributed by atoms with van der Waals surface area (Å²) < 4.78 is 10.8.